The second kappa shape index (κ2) is 4.04. The Morgan fingerprint density at radius 1 is 1.58 bits per heavy atom. The Morgan fingerprint density at radius 2 is 2.33 bits per heavy atom. The van der Waals surface area contributed by atoms with Gasteiger partial charge in [-0.2, -0.15) is 0 Å². The number of hydrogen-bond acceptors (Lipinski definition) is 1. The lowest BCUT2D eigenvalue weighted by atomic mass is 10.3. The van der Waals surface area contributed by atoms with Crippen LogP contribution in [0.15, 0.2) is 23.1 Å². The topological polar surface area (TPSA) is 22.0 Å². The maximum absolute atomic E-state index is 11.8. The number of aromatic nitrogens is 1. The molecule has 1 heterocycles. The second-order valence-corrected chi connectivity index (χ2v) is 2.78. The molecule has 66 valence electrons. The van der Waals surface area contributed by atoms with E-state index in [1.807, 2.05) is 13.0 Å². The summed E-state index contributed by atoms with van der Waals surface area (Å²) in [7, 11) is 0. The van der Waals surface area contributed by atoms with Gasteiger partial charge in [-0.1, -0.05) is 0 Å². The van der Waals surface area contributed by atoms with Gasteiger partial charge in [0, 0.05) is 18.8 Å². The summed E-state index contributed by atoms with van der Waals surface area (Å²) in [6, 6.07) is 3.40. The molecule has 0 N–H and O–H groups in total. The molecule has 0 unspecified atom stereocenters. The summed E-state index contributed by atoms with van der Waals surface area (Å²) in [6.07, 6.45) is 2.11. The molecule has 2 nitrogen and oxygen atoms in total. The highest BCUT2D eigenvalue weighted by Gasteiger charge is 1.94. The van der Waals surface area contributed by atoms with E-state index in [0.29, 0.717) is 13.0 Å². The summed E-state index contributed by atoms with van der Waals surface area (Å²) in [5.41, 5.74) is 0.889. The minimum atomic E-state index is -0.375. The Labute approximate surface area is 70.6 Å². The Morgan fingerprint density at radius 3 is 2.92 bits per heavy atom. The maximum Gasteiger partial charge on any atom is 0.250 e. The summed E-state index contributed by atoms with van der Waals surface area (Å²) in [6.45, 7) is 1.96. The molecule has 0 aliphatic heterocycles. The molecule has 0 atom stereocenters. The number of aryl methyl sites for hydroxylation is 2. The van der Waals surface area contributed by atoms with E-state index < -0.39 is 0 Å². The average Bonchev–Trinajstić information content (AvgIpc) is 2.03. The van der Waals surface area contributed by atoms with Crippen LogP contribution < -0.4 is 5.56 Å². The third-order valence-corrected chi connectivity index (χ3v) is 1.68. The van der Waals surface area contributed by atoms with Gasteiger partial charge in [0.15, 0.2) is 0 Å². The van der Waals surface area contributed by atoms with Crippen LogP contribution in [0.4, 0.5) is 4.39 Å². The Kier molecular flexibility index (Phi) is 3.02. The van der Waals surface area contributed by atoms with Crippen molar-refractivity contribution < 1.29 is 4.39 Å². The zero-order valence-corrected chi connectivity index (χ0v) is 7.09. The minimum Gasteiger partial charge on any atom is -0.315 e. The first kappa shape index (κ1) is 8.97. The van der Waals surface area contributed by atoms with Crippen LogP contribution in [-0.4, -0.2) is 11.2 Å². The SMILES string of the molecule is Cc1ccn(CCCF)c(=O)c1. The molecule has 1 aromatic rings. The van der Waals surface area contributed by atoms with E-state index in [1.165, 1.54) is 4.57 Å². The van der Waals surface area contributed by atoms with Crippen LogP contribution in [0.3, 0.4) is 0 Å². The van der Waals surface area contributed by atoms with E-state index in [1.54, 1.807) is 12.3 Å². The van der Waals surface area contributed by atoms with E-state index in [9.17, 15) is 9.18 Å². The molecule has 0 bridgehead atoms. The number of hydrogen-bond donors (Lipinski definition) is 0. The van der Waals surface area contributed by atoms with Gasteiger partial charge < -0.3 is 4.57 Å². The van der Waals surface area contributed by atoms with Crippen molar-refractivity contribution in [2.45, 2.75) is 19.9 Å². The molecular formula is C9H12FNO. The van der Waals surface area contributed by atoms with Crippen molar-refractivity contribution in [1.82, 2.24) is 4.57 Å². The van der Waals surface area contributed by atoms with Crippen LogP contribution in [0.1, 0.15) is 12.0 Å². The average molecular weight is 169 g/mol. The molecule has 0 aliphatic rings. The van der Waals surface area contributed by atoms with Crippen molar-refractivity contribution in [3.8, 4) is 0 Å². The van der Waals surface area contributed by atoms with Crippen molar-refractivity contribution >= 4 is 0 Å². The molecule has 0 amide bonds. The standard InChI is InChI=1S/C9H12FNO/c1-8-3-6-11(5-2-4-10)9(12)7-8/h3,6-7H,2,4-5H2,1H3. The predicted molar refractivity (Wildman–Crippen MR) is 46.0 cm³/mol. The van der Waals surface area contributed by atoms with Gasteiger partial charge in [0.1, 0.15) is 0 Å². The number of rotatable bonds is 3. The smallest absolute Gasteiger partial charge is 0.250 e. The van der Waals surface area contributed by atoms with Crippen LogP contribution in [0.25, 0.3) is 0 Å². The van der Waals surface area contributed by atoms with Gasteiger partial charge in [-0.15, -0.1) is 0 Å². The second-order valence-electron chi connectivity index (χ2n) is 2.78. The summed E-state index contributed by atoms with van der Waals surface area (Å²) in [5.74, 6) is 0. The van der Waals surface area contributed by atoms with Gasteiger partial charge in [-0.25, -0.2) is 0 Å². The third-order valence-electron chi connectivity index (χ3n) is 1.68. The van der Waals surface area contributed by atoms with Crippen LogP contribution in [0.2, 0.25) is 0 Å². The lowest BCUT2D eigenvalue weighted by Gasteiger charge is -2.02. The highest BCUT2D eigenvalue weighted by molar-refractivity contribution is 5.07. The molecule has 1 rings (SSSR count). The van der Waals surface area contributed by atoms with Crippen LogP contribution in [-0.2, 0) is 6.54 Å². The van der Waals surface area contributed by atoms with E-state index in [-0.39, 0.29) is 12.2 Å². The number of halogens is 1. The summed E-state index contributed by atoms with van der Waals surface area (Å²) < 4.78 is 13.3. The van der Waals surface area contributed by atoms with Crippen LogP contribution in [0.5, 0.6) is 0 Å². The monoisotopic (exact) mass is 169 g/mol. The Bertz CT molecular complexity index is 306. The summed E-state index contributed by atoms with van der Waals surface area (Å²) in [5, 5.41) is 0. The molecular weight excluding hydrogens is 157 g/mol. The maximum atomic E-state index is 11.8. The van der Waals surface area contributed by atoms with Crippen molar-refractivity contribution in [1.29, 1.82) is 0 Å². The lowest BCUT2D eigenvalue weighted by Crippen LogP contribution is -2.18. The van der Waals surface area contributed by atoms with Gasteiger partial charge in [0.05, 0.1) is 6.67 Å². The van der Waals surface area contributed by atoms with E-state index in [2.05, 4.69) is 0 Å². The van der Waals surface area contributed by atoms with Crippen molar-refractivity contribution in [2.75, 3.05) is 6.67 Å². The molecule has 0 aliphatic carbocycles. The quantitative estimate of drug-likeness (QED) is 0.672. The van der Waals surface area contributed by atoms with Crippen LogP contribution >= 0.6 is 0 Å². The fourth-order valence-corrected chi connectivity index (χ4v) is 1.02. The highest BCUT2D eigenvalue weighted by atomic mass is 19.1. The fraction of sp³-hybridized carbons (Fsp3) is 0.444. The Balaban J connectivity index is 2.80. The van der Waals surface area contributed by atoms with Gasteiger partial charge in [0.25, 0.3) is 5.56 Å². The van der Waals surface area contributed by atoms with Crippen molar-refractivity contribution in [3.05, 3.63) is 34.2 Å². The lowest BCUT2D eigenvalue weighted by molar-refractivity contribution is 0.443. The fourth-order valence-electron chi connectivity index (χ4n) is 1.02. The minimum absolute atomic E-state index is 0.0524. The zero-order chi connectivity index (χ0) is 8.97. The molecule has 0 saturated heterocycles. The molecule has 3 heteroatoms. The molecule has 0 radical (unpaired) electrons. The third kappa shape index (κ3) is 2.19. The summed E-state index contributed by atoms with van der Waals surface area (Å²) >= 11 is 0. The number of pyridine rings is 1. The van der Waals surface area contributed by atoms with Crippen molar-refractivity contribution in [2.24, 2.45) is 0 Å². The first-order valence-electron chi connectivity index (χ1n) is 3.97. The zero-order valence-electron chi connectivity index (χ0n) is 7.09. The molecule has 12 heavy (non-hydrogen) atoms. The number of alkyl halides is 1. The van der Waals surface area contributed by atoms with Gasteiger partial charge in [-0.05, 0) is 25.0 Å². The normalized spacial score (nSPS) is 10.2. The largest absolute Gasteiger partial charge is 0.315 e. The predicted octanol–water partition coefficient (Wildman–Crippen LogP) is 1.52. The van der Waals surface area contributed by atoms with Crippen LogP contribution in [0, 0.1) is 6.92 Å². The van der Waals surface area contributed by atoms with Crippen molar-refractivity contribution in [3.63, 3.8) is 0 Å². The molecule has 0 saturated carbocycles. The first-order valence-corrected chi connectivity index (χ1v) is 3.97. The first-order chi connectivity index (χ1) is 5.74. The summed E-state index contributed by atoms with van der Waals surface area (Å²) in [4.78, 5) is 11.2. The van der Waals surface area contributed by atoms with Gasteiger partial charge in [0.2, 0.25) is 0 Å². The molecule has 0 fully saturated rings. The van der Waals surface area contributed by atoms with Gasteiger partial charge in [-0.3, -0.25) is 9.18 Å². The molecule has 1 aromatic heterocycles. The van der Waals surface area contributed by atoms with E-state index in [0.717, 1.165) is 5.56 Å². The Hall–Kier alpha value is -1.12. The molecule has 0 aromatic carbocycles. The molecule has 0 spiro atoms. The van der Waals surface area contributed by atoms with E-state index in [4.69, 9.17) is 0 Å². The highest BCUT2D eigenvalue weighted by Crippen LogP contribution is 1.92. The number of nitrogens with zero attached hydrogens (tertiary/aromatic N) is 1. The van der Waals surface area contributed by atoms with E-state index >= 15 is 0 Å². The van der Waals surface area contributed by atoms with Gasteiger partial charge >= 0.3 is 0 Å².